The smallest absolute Gasteiger partial charge is 0.430 e. The molecule has 0 heterocycles. The summed E-state index contributed by atoms with van der Waals surface area (Å²) in [5.41, 5.74) is -17.6. The number of alkyl halides is 12. The van der Waals surface area contributed by atoms with Crippen molar-refractivity contribution in [3.8, 4) is 0 Å². The number of rotatable bonds is 11. The Morgan fingerprint density at radius 2 is 1.10 bits per heavy atom. The number of halogens is 12. The Morgan fingerprint density at radius 3 is 1.44 bits per heavy atom. The fourth-order valence-corrected chi connectivity index (χ4v) is 5.17. The van der Waals surface area contributed by atoms with Crippen molar-refractivity contribution in [1.82, 2.24) is 0 Å². The van der Waals surface area contributed by atoms with E-state index in [9.17, 15) is 57.5 Å². The highest BCUT2D eigenvalue weighted by Gasteiger charge is 2.83. The summed E-state index contributed by atoms with van der Waals surface area (Å²) in [5, 5.41) is 0. The lowest BCUT2D eigenvalue weighted by molar-refractivity contribution is -0.388. The number of hydrogen-bond acceptors (Lipinski definition) is 6. The van der Waals surface area contributed by atoms with Crippen LogP contribution in [0.5, 0.6) is 0 Å². The van der Waals surface area contributed by atoms with E-state index in [-0.39, 0.29) is 6.42 Å². The lowest BCUT2D eigenvalue weighted by Gasteiger charge is -2.47. The van der Waals surface area contributed by atoms with Gasteiger partial charge in [0.2, 0.25) is 0 Å². The fraction of sp³-hybridized carbons (Fsp3) is 0.870. The fourth-order valence-electron chi connectivity index (χ4n) is 5.17. The van der Waals surface area contributed by atoms with Gasteiger partial charge in [-0.2, -0.15) is 52.7 Å². The zero-order chi connectivity index (χ0) is 32.0. The average molecular weight is 628 g/mol. The Balaban J connectivity index is 3.11. The first-order valence-electron chi connectivity index (χ1n) is 11.9. The summed E-state index contributed by atoms with van der Waals surface area (Å²) in [7, 11) is 1.18. The molecule has 0 aromatic carbocycles. The van der Waals surface area contributed by atoms with Crippen LogP contribution in [0.3, 0.4) is 0 Å². The first-order valence-corrected chi connectivity index (χ1v) is 11.9. The minimum atomic E-state index is -6.68. The van der Waals surface area contributed by atoms with Crippen molar-refractivity contribution in [2.75, 3.05) is 27.8 Å². The SMILES string of the molecule is CCC(C)(C)C(=O)OC1CC2CC1C(C(OCOC)(C(F)(F)F)C(F)(F)F)=C2C(OCOC)(C(F)(F)F)C(F)(F)F. The maximum Gasteiger partial charge on any atom is 0.430 e. The van der Waals surface area contributed by atoms with Crippen molar-refractivity contribution in [2.45, 2.75) is 82.0 Å². The Kier molecular flexibility index (Phi) is 9.82. The highest BCUT2D eigenvalue weighted by Crippen LogP contribution is 2.67. The van der Waals surface area contributed by atoms with Crippen LogP contribution in [-0.4, -0.2) is 75.8 Å². The van der Waals surface area contributed by atoms with E-state index in [1.54, 1.807) is 0 Å². The molecule has 0 aromatic heterocycles. The lowest BCUT2D eigenvalue weighted by atomic mass is 9.72. The zero-order valence-electron chi connectivity index (χ0n) is 22.3. The Morgan fingerprint density at radius 1 is 0.707 bits per heavy atom. The van der Waals surface area contributed by atoms with E-state index in [0.717, 1.165) is 0 Å². The van der Waals surface area contributed by atoms with E-state index in [0.29, 0.717) is 14.2 Å². The molecule has 6 nitrogen and oxygen atoms in total. The molecule has 1 fully saturated rings. The van der Waals surface area contributed by atoms with E-state index in [4.69, 9.17) is 4.74 Å². The van der Waals surface area contributed by atoms with Crippen LogP contribution in [0.2, 0.25) is 0 Å². The predicted molar refractivity (Wildman–Crippen MR) is 113 cm³/mol. The number of esters is 1. The molecule has 1 saturated carbocycles. The molecular weight excluding hydrogens is 600 g/mol. The van der Waals surface area contributed by atoms with Gasteiger partial charge < -0.3 is 23.7 Å². The van der Waals surface area contributed by atoms with E-state index < -0.39 is 103 Å². The van der Waals surface area contributed by atoms with Gasteiger partial charge in [-0.05, 0) is 50.2 Å². The molecule has 2 rings (SSSR count). The third-order valence-electron chi connectivity index (χ3n) is 7.41. The molecule has 240 valence electrons. The van der Waals surface area contributed by atoms with Crippen LogP contribution in [0.1, 0.15) is 40.0 Å². The van der Waals surface area contributed by atoms with Gasteiger partial charge in [-0.25, -0.2) is 0 Å². The highest BCUT2D eigenvalue weighted by atomic mass is 19.4. The zero-order valence-corrected chi connectivity index (χ0v) is 22.3. The van der Waals surface area contributed by atoms with Crippen LogP contribution in [0, 0.1) is 17.3 Å². The third-order valence-corrected chi connectivity index (χ3v) is 7.41. The maximum absolute atomic E-state index is 14.5. The van der Waals surface area contributed by atoms with Crippen molar-refractivity contribution in [2.24, 2.45) is 17.3 Å². The Bertz CT molecular complexity index is 952. The number of fused-ring (bicyclic) bond motifs is 2. The van der Waals surface area contributed by atoms with E-state index in [1.165, 1.54) is 20.8 Å². The molecule has 0 N–H and O–H groups in total. The monoisotopic (exact) mass is 628 g/mol. The van der Waals surface area contributed by atoms with Gasteiger partial charge >= 0.3 is 30.7 Å². The molecule has 3 atom stereocenters. The molecule has 18 heteroatoms. The molecule has 3 unspecified atom stereocenters. The van der Waals surface area contributed by atoms with Gasteiger partial charge in [-0.15, -0.1) is 0 Å². The third kappa shape index (κ3) is 5.77. The van der Waals surface area contributed by atoms with E-state index in [2.05, 4.69) is 18.9 Å². The largest absolute Gasteiger partial charge is 0.461 e. The first-order chi connectivity index (χ1) is 18.4. The van der Waals surface area contributed by atoms with Gasteiger partial charge in [-0.3, -0.25) is 4.79 Å². The van der Waals surface area contributed by atoms with Crippen molar-refractivity contribution >= 4 is 5.97 Å². The summed E-state index contributed by atoms with van der Waals surface area (Å²) < 4.78 is 195. The molecular formula is C23H28F12O6. The van der Waals surface area contributed by atoms with E-state index in [1.807, 2.05) is 0 Å². The molecule has 0 aromatic rings. The number of carbonyl (C=O) groups is 1. The normalized spacial score (nSPS) is 23.0. The van der Waals surface area contributed by atoms with Gasteiger partial charge in [0.15, 0.2) is 0 Å². The molecule has 41 heavy (non-hydrogen) atoms. The maximum atomic E-state index is 14.5. The Hall–Kier alpha value is -1.79. The lowest BCUT2D eigenvalue weighted by Crippen LogP contribution is -2.66. The van der Waals surface area contributed by atoms with Gasteiger partial charge in [0.25, 0.3) is 11.2 Å². The van der Waals surface area contributed by atoms with Gasteiger partial charge in [0.1, 0.15) is 19.7 Å². The van der Waals surface area contributed by atoms with Crippen LogP contribution in [0.4, 0.5) is 52.7 Å². The van der Waals surface area contributed by atoms with Crippen LogP contribution in [-0.2, 0) is 28.5 Å². The summed E-state index contributed by atoms with van der Waals surface area (Å²) in [5.74, 6) is -5.82. The molecule has 0 amide bonds. The number of methoxy groups -OCH3 is 2. The second-order valence-corrected chi connectivity index (χ2v) is 10.2. The van der Waals surface area contributed by atoms with Crippen molar-refractivity contribution < 1.29 is 81.2 Å². The summed E-state index contributed by atoms with van der Waals surface area (Å²) >= 11 is 0. The molecule has 0 spiro atoms. The summed E-state index contributed by atoms with van der Waals surface area (Å²) in [4.78, 5) is 12.7. The molecule has 2 aliphatic carbocycles. The molecule has 2 aliphatic rings. The van der Waals surface area contributed by atoms with Crippen LogP contribution in [0.25, 0.3) is 0 Å². The van der Waals surface area contributed by atoms with E-state index >= 15 is 0 Å². The standard InChI is InChI=1S/C23H28F12O6/c1-6-17(2,3)16(36)41-13-8-11-7-12(13)15(19(22(30,31)32,23(33,34)35)40-10-38-5)14(11)18(20(24,25)26,21(27,28)29)39-9-37-4/h11-13H,6-10H2,1-5H3. The van der Waals surface area contributed by atoms with Gasteiger partial charge in [0.05, 0.1) is 5.41 Å². The van der Waals surface area contributed by atoms with Crippen LogP contribution >= 0.6 is 0 Å². The minimum Gasteiger partial charge on any atom is -0.461 e. The topological polar surface area (TPSA) is 63.2 Å². The molecule has 0 saturated heterocycles. The van der Waals surface area contributed by atoms with Crippen LogP contribution < -0.4 is 0 Å². The average Bonchev–Trinajstić information content (AvgIpc) is 3.35. The summed E-state index contributed by atoms with van der Waals surface area (Å²) in [6.45, 7) is 0.472. The predicted octanol–water partition coefficient (Wildman–Crippen LogP) is 6.64. The number of ether oxygens (including phenoxy) is 5. The quantitative estimate of drug-likeness (QED) is 0.111. The van der Waals surface area contributed by atoms with Gasteiger partial charge in [-0.1, -0.05) is 6.92 Å². The summed E-state index contributed by atoms with van der Waals surface area (Å²) in [6, 6.07) is 0. The van der Waals surface area contributed by atoms with Gasteiger partial charge in [0, 0.05) is 20.1 Å². The number of hydrogen-bond donors (Lipinski definition) is 0. The highest BCUT2D eigenvalue weighted by molar-refractivity contribution is 5.76. The Labute approximate surface area is 226 Å². The van der Waals surface area contributed by atoms with Crippen molar-refractivity contribution in [3.05, 3.63) is 11.1 Å². The summed E-state index contributed by atoms with van der Waals surface area (Å²) in [6.07, 6.45) is -30.6. The second-order valence-electron chi connectivity index (χ2n) is 10.2. The minimum absolute atomic E-state index is 0.0721. The van der Waals surface area contributed by atoms with Crippen molar-refractivity contribution in [3.63, 3.8) is 0 Å². The second kappa shape index (κ2) is 11.4. The molecule has 2 bridgehead atoms. The molecule has 0 radical (unpaired) electrons. The first kappa shape index (κ1) is 35.4. The van der Waals surface area contributed by atoms with Crippen LogP contribution in [0.15, 0.2) is 11.1 Å². The van der Waals surface area contributed by atoms with Crippen molar-refractivity contribution in [1.29, 1.82) is 0 Å². The molecule has 0 aliphatic heterocycles. The number of carbonyl (C=O) groups excluding carboxylic acids is 1.